The number of rotatable bonds is 4. The van der Waals surface area contributed by atoms with E-state index in [1.165, 1.54) is 0 Å². The van der Waals surface area contributed by atoms with Crippen LogP contribution >= 0.6 is 0 Å². The number of hydrogen-bond donors (Lipinski definition) is 2. The molecule has 2 aromatic heterocycles. The Morgan fingerprint density at radius 2 is 2.19 bits per heavy atom. The third-order valence-electron chi connectivity index (χ3n) is 3.66. The van der Waals surface area contributed by atoms with Crippen molar-refractivity contribution >= 4 is 16.7 Å². The standard InChI is InChI=1S/C15H19N5O/c1-10(21)15-18-12-9-11(16)3-4-13(12)20(15)7-5-14-17-6-8-19(14)2/h3-4,6,8-10,21H,5,7,16H2,1-2H3. The summed E-state index contributed by atoms with van der Waals surface area (Å²) in [4.78, 5) is 8.83. The van der Waals surface area contributed by atoms with Crippen molar-refractivity contribution in [2.24, 2.45) is 7.05 Å². The van der Waals surface area contributed by atoms with Gasteiger partial charge >= 0.3 is 0 Å². The highest BCUT2D eigenvalue weighted by atomic mass is 16.3. The third kappa shape index (κ3) is 2.50. The lowest BCUT2D eigenvalue weighted by atomic mass is 10.2. The number of fused-ring (bicyclic) bond motifs is 1. The topological polar surface area (TPSA) is 81.9 Å². The molecule has 1 aromatic carbocycles. The second kappa shape index (κ2) is 5.21. The minimum Gasteiger partial charge on any atom is -0.399 e. The molecule has 0 fully saturated rings. The number of nitrogens with zero attached hydrogens (tertiary/aromatic N) is 4. The van der Waals surface area contributed by atoms with Crippen LogP contribution in [0.3, 0.4) is 0 Å². The van der Waals surface area contributed by atoms with E-state index < -0.39 is 6.10 Å². The normalized spacial score (nSPS) is 12.9. The van der Waals surface area contributed by atoms with Gasteiger partial charge in [0, 0.05) is 38.1 Å². The predicted octanol–water partition coefficient (Wildman–Crippen LogP) is 1.65. The molecule has 2 heterocycles. The molecular formula is C15H19N5O. The first kappa shape index (κ1) is 13.6. The van der Waals surface area contributed by atoms with E-state index in [9.17, 15) is 5.11 Å². The Morgan fingerprint density at radius 3 is 2.86 bits per heavy atom. The molecule has 0 radical (unpaired) electrons. The van der Waals surface area contributed by atoms with E-state index in [4.69, 9.17) is 5.73 Å². The van der Waals surface area contributed by atoms with E-state index in [0.717, 1.165) is 23.3 Å². The number of aliphatic hydroxyl groups is 1. The van der Waals surface area contributed by atoms with Crippen LogP contribution in [0.5, 0.6) is 0 Å². The molecular weight excluding hydrogens is 266 g/mol. The predicted molar refractivity (Wildman–Crippen MR) is 81.7 cm³/mol. The van der Waals surface area contributed by atoms with Crippen LogP contribution in [0.1, 0.15) is 24.7 Å². The summed E-state index contributed by atoms with van der Waals surface area (Å²) in [6.07, 6.45) is 3.87. The zero-order chi connectivity index (χ0) is 15.0. The second-order valence-corrected chi connectivity index (χ2v) is 5.25. The van der Waals surface area contributed by atoms with Gasteiger partial charge in [-0.2, -0.15) is 0 Å². The van der Waals surface area contributed by atoms with Gasteiger partial charge in [-0.05, 0) is 25.1 Å². The quantitative estimate of drug-likeness (QED) is 0.714. The summed E-state index contributed by atoms with van der Waals surface area (Å²) in [6, 6.07) is 5.63. The second-order valence-electron chi connectivity index (χ2n) is 5.25. The molecule has 0 spiro atoms. The van der Waals surface area contributed by atoms with Crippen molar-refractivity contribution in [3.8, 4) is 0 Å². The van der Waals surface area contributed by atoms with Crippen LogP contribution in [-0.4, -0.2) is 24.2 Å². The number of benzene rings is 1. The lowest BCUT2D eigenvalue weighted by Crippen LogP contribution is -2.10. The number of aromatic nitrogens is 4. The van der Waals surface area contributed by atoms with Gasteiger partial charge in [-0.1, -0.05) is 0 Å². The number of aryl methyl sites for hydroxylation is 3. The molecule has 6 heteroatoms. The van der Waals surface area contributed by atoms with Crippen LogP contribution in [0.15, 0.2) is 30.6 Å². The number of aliphatic hydroxyl groups excluding tert-OH is 1. The molecule has 0 aliphatic rings. The monoisotopic (exact) mass is 285 g/mol. The fourth-order valence-corrected chi connectivity index (χ4v) is 2.57. The molecule has 21 heavy (non-hydrogen) atoms. The van der Waals surface area contributed by atoms with Crippen molar-refractivity contribution < 1.29 is 5.11 Å². The van der Waals surface area contributed by atoms with Crippen molar-refractivity contribution in [1.82, 2.24) is 19.1 Å². The maximum atomic E-state index is 9.95. The Balaban J connectivity index is 1.99. The van der Waals surface area contributed by atoms with Crippen LogP contribution in [0.2, 0.25) is 0 Å². The molecule has 3 aromatic rings. The number of anilines is 1. The van der Waals surface area contributed by atoms with E-state index in [-0.39, 0.29) is 0 Å². The highest BCUT2D eigenvalue weighted by Crippen LogP contribution is 2.23. The molecule has 1 atom stereocenters. The maximum absolute atomic E-state index is 9.95. The fraction of sp³-hybridized carbons (Fsp3) is 0.333. The maximum Gasteiger partial charge on any atom is 0.138 e. The average Bonchev–Trinajstić information content (AvgIpc) is 2.99. The van der Waals surface area contributed by atoms with Gasteiger partial charge in [-0.15, -0.1) is 0 Å². The van der Waals surface area contributed by atoms with Crippen molar-refractivity contribution in [3.05, 3.63) is 42.2 Å². The molecule has 0 amide bonds. The number of nitrogens with two attached hydrogens (primary N) is 1. The highest BCUT2D eigenvalue weighted by Gasteiger charge is 2.15. The molecule has 6 nitrogen and oxygen atoms in total. The summed E-state index contributed by atoms with van der Waals surface area (Å²) < 4.78 is 4.03. The van der Waals surface area contributed by atoms with Crippen molar-refractivity contribution in [3.63, 3.8) is 0 Å². The van der Waals surface area contributed by atoms with Crippen molar-refractivity contribution in [1.29, 1.82) is 0 Å². The van der Waals surface area contributed by atoms with Crippen molar-refractivity contribution in [2.45, 2.75) is 26.0 Å². The van der Waals surface area contributed by atoms with E-state index in [2.05, 4.69) is 9.97 Å². The number of imidazole rings is 2. The minimum absolute atomic E-state index is 0.625. The average molecular weight is 285 g/mol. The Hall–Kier alpha value is -2.34. The summed E-state index contributed by atoms with van der Waals surface area (Å²) in [5, 5.41) is 9.95. The van der Waals surface area contributed by atoms with Gasteiger partial charge in [-0.3, -0.25) is 0 Å². The Kier molecular flexibility index (Phi) is 3.39. The molecule has 0 aliphatic heterocycles. The zero-order valence-corrected chi connectivity index (χ0v) is 12.2. The molecule has 1 unspecified atom stereocenters. The van der Waals surface area contributed by atoms with Gasteiger partial charge in [0.1, 0.15) is 17.8 Å². The molecule has 0 bridgehead atoms. The smallest absolute Gasteiger partial charge is 0.138 e. The fourth-order valence-electron chi connectivity index (χ4n) is 2.57. The molecule has 0 saturated carbocycles. The van der Waals surface area contributed by atoms with E-state index >= 15 is 0 Å². The summed E-state index contributed by atoms with van der Waals surface area (Å²) in [6.45, 7) is 2.44. The Labute approximate surface area is 122 Å². The molecule has 3 N–H and O–H groups in total. The SMILES string of the molecule is CC(O)c1nc2cc(N)ccc2n1CCc1nccn1C. The molecule has 110 valence electrons. The Bertz CT molecular complexity index is 772. The van der Waals surface area contributed by atoms with Gasteiger partial charge < -0.3 is 20.0 Å². The van der Waals surface area contributed by atoms with Crippen LogP contribution in [0.4, 0.5) is 5.69 Å². The van der Waals surface area contributed by atoms with Gasteiger partial charge in [0.05, 0.1) is 11.0 Å². The zero-order valence-electron chi connectivity index (χ0n) is 12.2. The lowest BCUT2D eigenvalue weighted by Gasteiger charge is -2.11. The van der Waals surface area contributed by atoms with E-state index in [0.29, 0.717) is 18.1 Å². The summed E-state index contributed by atoms with van der Waals surface area (Å²) in [5.41, 5.74) is 8.27. The van der Waals surface area contributed by atoms with Gasteiger partial charge in [0.15, 0.2) is 0 Å². The summed E-state index contributed by atoms with van der Waals surface area (Å²) in [5.74, 6) is 1.66. The van der Waals surface area contributed by atoms with Crippen LogP contribution < -0.4 is 5.73 Å². The lowest BCUT2D eigenvalue weighted by molar-refractivity contribution is 0.184. The largest absolute Gasteiger partial charge is 0.399 e. The summed E-state index contributed by atoms with van der Waals surface area (Å²) in [7, 11) is 1.98. The van der Waals surface area contributed by atoms with Crippen LogP contribution in [-0.2, 0) is 20.0 Å². The van der Waals surface area contributed by atoms with Gasteiger partial charge in [-0.25, -0.2) is 9.97 Å². The number of hydrogen-bond acceptors (Lipinski definition) is 4. The van der Waals surface area contributed by atoms with Crippen molar-refractivity contribution in [2.75, 3.05) is 5.73 Å². The first-order valence-corrected chi connectivity index (χ1v) is 6.96. The molecule has 3 rings (SSSR count). The first-order chi connectivity index (χ1) is 10.1. The highest BCUT2D eigenvalue weighted by molar-refractivity contribution is 5.79. The van der Waals surface area contributed by atoms with Gasteiger partial charge in [0.2, 0.25) is 0 Å². The van der Waals surface area contributed by atoms with Crippen LogP contribution in [0, 0.1) is 0 Å². The van der Waals surface area contributed by atoms with Gasteiger partial charge in [0.25, 0.3) is 0 Å². The van der Waals surface area contributed by atoms with E-state index in [1.807, 2.05) is 40.6 Å². The van der Waals surface area contributed by atoms with Crippen LogP contribution in [0.25, 0.3) is 11.0 Å². The third-order valence-corrected chi connectivity index (χ3v) is 3.66. The van der Waals surface area contributed by atoms with E-state index in [1.54, 1.807) is 13.1 Å². The molecule has 0 aliphatic carbocycles. The molecule has 0 saturated heterocycles. The minimum atomic E-state index is -0.625. The number of nitrogen functional groups attached to an aromatic ring is 1. The Morgan fingerprint density at radius 1 is 1.38 bits per heavy atom. The first-order valence-electron chi connectivity index (χ1n) is 6.96. The summed E-state index contributed by atoms with van der Waals surface area (Å²) >= 11 is 0.